The van der Waals surface area contributed by atoms with Gasteiger partial charge in [0.2, 0.25) is 17.7 Å². The van der Waals surface area contributed by atoms with Gasteiger partial charge in [0.15, 0.2) is 0 Å². The van der Waals surface area contributed by atoms with Gasteiger partial charge in [0.05, 0.1) is 59.6 Å². The average Bonchev–Trinajstić information content (AvgIpc) is 4.09. The Kier molecular flexibility index (Phi) is 20.6. The number of aliphatic hydroxyl groups excluding tert-OH is 2. The summed E-state index contributed by atoms with van der Waals surface area (Å²) in [6, 6.07) is 14.6. The maximum atomic E-state index is 14.1. The lowest BCUT2D eigenvalue weighted by atomic mass is 9.85. The van der Waals surface area contributed by atoms with Crippen LogP contribution in [-0.4, -0.2) is 176 Å². The van der Waals surface area contributed by atoms with E-state index in [-0.39, 0.29) is 57.1 Å². The number of aromatic nitrogens is 2. The second-order valence-electron chi connectivity index (χ2n) is 22.4. The zero-order valence-corrected chi connectivity index (χ0v) is 48.6. The van der Waals surface area contributed by atoms with Crippen LogP contribution in [0.3, 0.4) is 0 Å². The molecule has 80 heavy (non-hydrogen) atoms. The third kappa shape index (κ3) is 15.2. The zero-order chi connectivity index (χ0) is 57.1. The van der Waals surface area contributed by atoms with Gasteiger partial charge in [-0.05, 0) is 105 Å². The first-order valence-electron chi connectivity index (χ1n) is 28.1. The number of anilines is 2. The number of nitrogens with one attached hydrogen (secondary N) is 4. The normalized spacial score (nSPS) is 19.6. The number of hydrogen-bond acceptors (Lipinski definition) is 16. The van der Waals surface area contributed by atoms with Crippen molar-refractivity contribution in [3.8, 4) is 21.7 Å². The number of pyridine rings is 1. The number of thiazole rings is 1. The molecule has 19 nitrogen and oxygen atoms in total. The smallest absolute Gasteiger partial charge is 0.251 e. The second kappa shape index (κ2) is 27.5. The summed E-state index contributed by atoms with van der Waals surface area (Å²) in [5.74, 6) is -1.48. The molecule has 4 amide bonds. The molecule has 4 aliphatic rings. The van der Waals surface area contributed by atoms with E-state index < -0.39 is 41.6 Å². The van der Waals surface area contributed by atoms with E-state index in [0.29, 0.717) is 32.0 Å². The van der Waals surface area contributed by atoms with Gasteiger partial charge in [-0.3, -0.25) is 29.1 Å². The molecule has 8 rings (SSSR count). The highest BCUT2D eigenvalue weighted by Crippen LogP contribution is 2.35. The van der Waals surface area contributed by atoms with Crippen LogP contribution in [0.2, 0.25) is 0 Å². The number of aryl methyl sites for hydroxylation is 1. The molecule has 4 aliphatic heterocycles. The van der Waals surface area contributed by atoms with Crippen molar-refractivity contribution >= 4 is 46.3 Å². The summed E-state index contributed by atoms with van der Waals surface area (Å²) >= 11 is 1.57. The van der Waals surface area contributed by atoms with Crippen molar-refractivity contribution < 1.29 is 43.6 Å². The van der Waals surface area contributed by atoms with Crippen LogP contribution in [0.25, 0.3) is 21.7 Å². The molecule has 20 heteroatoms. The molecule has 0 saturated carbocycles. The second-order valence-corrected chi connectivity index (χ2v) is 23.3. The highest BCUT2D eigenvalue weighted by molar-refractivity contribution is 7.13. The summed E-state index contributed by atoms with van der Waals surface area (Å²) in [6.45, 7) is 22.9. The molecule has 2 aromatic carbocycles. The monoisotopic (exact) mass is 1120 g/mol. The first kappa shape index (κ1) is 59.9. The number of β-amino-alcohol motifs (C(OH)–C–C–N with tert-alkyl or cyclic N) is 1. The van der Waals surface area contributed by atoms with Crippen LogP contribution < -0.4 is 31.1 Å². The number of benzene rings is 2. The first-order chi connectivity index (χ1) is 38.4. The number of amides is 4. The average molecular weight is 1120 g/mol. The van der Waals surface area contributed by atoms with Crippen molar-refractivity contribution in [2.75, 3.05) is 102 Å². The van der Waals surface area contributed by atoms with Crippen molar-refractivity contribution in [2.45, 2.75) is 112 Å². The minimum absolute atomic E-state index is 0.0144. The lowest BCUT2D eigenvalue weighted by Gasteiger charge is -2.37. The number of ether oxygens (including phenoxy) is 3. The van der Waals surface area contributed by atoms with Gasteiger partial charge in [-0.15, -0.1) is 11.3 Å². The van der Waals surface area contributed by atoms with Crippen molar-refractivity contribution in [1.29, 1.82) is 0 Å². The number of likely N-dealkylation sites (tertiary alicyclic amines) is 1. The number of aliphatic hydroxyl groups is 2. The number of rotatable bonds is 22. The fraction of sp³-hybridized carbons (Fsp3) is 0.533. The van der Waals surface area contributed by atoms with E-state index in [4.69, 9.17) is 19.2 Å². The summed E-state index contributed by atoms with van der Waals surface area (Å²) in [7, 11) is 0. The Morgan fingerprint density at radius 1 is 0.900 bits per heavy atom. The molecule has 6 N–H and O–H groups in total. The number of nitrogens with zero attached hydrogens (tertiary/aromatic N) is 6. The van der Waals surface area contributed by atoms with E-state index in [2.05, 4.69) is 60.0 Å². The summed E-state index contributed by atoms with van der Waals surface area (Å²) in [4.78, 5) is 73.7. The van der Waals surface area contributed by atoms with Crippen LogP contribution in [0.4, 0.5) is 11.4 Å². The maximum Gasteiger partial charge on any atom is 0.251 e. The quantitative estimate of drug-likeness (QED) is 0.0548. The molecule has 0 radical (unpaired) electrons. The molecule has 1 unspecified atom stereocenters. The molecular formula is C60H82N10O9S. The topological polar surface area (TPSA) is 223 Å². The van der Waals surface area contributed by atoms with Crippen molar-refractivity contribution in [3.05, 3.63) is 106 Å². The van der Waals surface area contributed by atoms with Gasteiger partial charge in [0.1, 0.15) is 24.9 Å². The minimum Gasteiger partial charge on any atom is -0.391 e. The molecule has 6 heterocycles. The Bertz CT molecular complexity index is 2840. The number of allylic oxidation sites excluding steroid dienone is 3. The van der Waals surface area contributed by atoms with Crippen LogP contribution in [0.15, 0.2) is 83.2 Å². The third-order valence-electron chi connectivity index (χ3n) is 15.6. The Morgan fingerprint density at radius 3 is 2.30 bits per heavy atom. The number of hydrogen-bond donors (Lipinski definition) is 6. The van der Waals surface area contributed by atoms with E-state index >= 15 is 0 Å². The molecule has 2 aromatic heterocycles. The zero-order valence-electron chi connectivity index (χ0n) is 47.8. The van der Waals surface area contributed by atoms with Crippen LogP contribution in [0.5, 0.6) is 0 Å². The van der Waals surface area contributed by atoms with Gasteiger partial charge in [-0.1, -0.05) is 45.0 Å². The lowest BCUT2D eigenvalue weighted by Crippen LogP contribution is -2.58. The molecule has 3 saturated heterocycles. The molecule has 4 atom stereocenters. The van der Waals surface area contributed by atoms with E-state index in [1.54, 1.807) is 11.3 Å². The summed E-state index contributed by atoms with van der Waals surface area (Å²) in [5, 5.41) is 33.3. The highest BCUT2D eigenvalue weighted by Gasteiger charge is 2.44. The summed E-state index contributed by atoms with van der Waals surface area (Å²) in [6.07, 6.45) is 4.06. The van der Waals surface area contributed by atoms with Crippen molar-refractivity contribution in [1.82, 2.24) is 41.0 Å². The van der Waals surface area contributed by atoms with E-state index in [9.17, 15) is 29.4 Å². The lowest BCUT2D eigenvalue weighted by molar-refractivity contribution is -0.144. The first-order valence-corrected chi connectivity index (χ1v) is 29.0. The fourth-order valence-electron chi connectivity index (χ4n) is 11.0. The van der Waals surface area contributed by atoms with Gasteiger partial charge in [0, 0.05) is 113 Å². The Labute approximate surface area is 475 Å². The van der Waals surface area contributed by atoms with Crippen molar-refractivity contribution in [2.24, 2.45) is 5.41 Å². The molecular weight excluding hydrogens is 1040 g/mol. The predicted molar refractivity (Wildman–Crippen MR) is 311 cm³/mol. The standard InChI is InChI=1S/C60H82N10O9S/c1-9-69(45-16-23-77-24-17-45)51-30-44(29-48(40(51)4)56(73)63-34-49-38(2)28-39(3)65-57(49)74)50-15-14-46(33-61-50)68-20-18-67(19-21-68)22-25-78-26-27-79-36-53(72)66-55(60(6,7)8)59(76)70-35-47(71)31-52(70)58(75)62-32-42-10-12-43(13-11-42)54-41(5)64-37-80-54/h10-15,28-30,33,37,45,47,52,55,57,65,71,74H,9,16-27,31-32,34-36H2,1-8H3,(H,62,75)(H,63,73)(H,66,72)/t47-,52+,55-,57?/m1/s1. The summed E-state index contributed by atoms with van der Waals surface area (Å²) < 4.78 is 17.3. The predicted octanol–water partition coefficient (Wildman–Crippen LogP) is 5.33. The van der Waals surface area contributed by atoms with Gasteiger partial charge in [-0.25, -0.2) is 4.98 Å². The molecule has 432 valence electrons. The number of carbonyl (C=O) groups excluding carboxylic acids is 4. The Morgan fingerprint density at radius 2 is 1.64 bits per heavy atom. The van der Waals surface area contributed by atoms with E-state index in [0.717, 1.165) is 119 Å². The Balaban J connectivity index is 0.769. The molecule has 0 bridgehead atoms. The fourth-order valence-corrected chi connectivity index (χ4v) is 11.8. The van der Waals surface area contributed by atoms with Crippen LogP contribution >= 0.6 is 11.3 Å². The molecule has 4 aromatic rings. The molecule has 0 spiro atoms. The number of piperazine rings is 1. The van der Waals surface area contributed by atoms with Gasteiger partial charge < -0.3 is 60.4 Å². The third-order valence-corrected chi connectivity index (χ3v) is 16.6. The van der Waals surface area contributed by atoms with Crippen LogP contribution in [0.1, 0.15) is 88.0 Å². The highest BCUT2D eigenvalue weighted by atomic mass is 32.1. The number of dihydropyridines is 1. The largest absolute Gasteiger partial charge is 0.391 e. The van der Waals surface area contributed by atoms with Gasteiger partial charge in [0.25, 0.3) is 5.91 Å². The van der Waals surface area contributed by atoms with E-state index in [1.165, 1.54) is 4.90 Å². The van der Waals surface area contributed by atoms with E-state index in [1.807, 2.05) is 103 Å². The van der Waals surface area contributed by atoms with Crippen molar-refractivity contribution in [3.63, 3.8) is 0 Å². The van der Waals surface area contributed by atoms with Crippen LogP contribution in [0, 0.1) is 19.3 Å². The summed E-state index contributed by atoms with van der Waals surface area (Å²) in [5.41, 5.74) is 11.7. The van der Waals surface area contributed by atoms with Gasteiger partial charge >= 0.3 is 0 Å². The SMILES string of the molecule is CCN(c1cc(-c2ccc(N3CCN(CCOCCOCC(=O)N[C@H](C(=O)N4C[C@H](O)C[C@H]4C(=O)NCc4ccc(-c5scnc5C)cc4)C(C)(C)C)CC3)cn2)cc(C(=O)NCC2=C(C)C=C(C)NC2O)c1C)C1CCOCC1. The van der Waals surface area contributed by atoms with Crippen LogP contribution in [-0.2, 0) is 35.1 Å². The minimum atomic E-state index is -0.964. The molecule has 3 fully saturated rings. The Hall–Kier alpha value is -6.26. The number of carbonyl (C=O) groups is 4. The van der Waals surface area contributed by atoms with Gasteiger partial charge in [-0.2, -0.15) is 0 Å². The molecule has 0 aliphatic carbocycles. The maximum absolute atomic E-state index is 14.1.